The summed E-state index contributed by atoms with van der Waals surface area (Å²) < 4.78 is 11.5. The maximum atomic E-state index is 10.7. The summed E-state index contributed by atoms with van der Waals surface area (Å²) in [6.45, 7) is 6.51. The predicted molar refractivity (Wildman–Crippen MR) is 136 cm³/mol. The van der Waals surface area contributed by atoms with E-state index in [0.29, 0.717) is 13.1 Å². The number of hydrogen-bond donors (Lipinski definition) is 1. The first kappa shape index (κ1) is 23.8. The van der Waals surface area contributed by atoms with Crippen LogP contribution in [0.4, 0.5) is 0 Å². The Morgan fingerprint density at radius 3 is 2.09 bits per heavy atom. The zero-order valence-corrected chi connectivity index (χ0v) is 19.9. The minimum Gasteiger partial charge on any atom is -0.491 e. The second-order valence-electron chi connectivity index (χ2n) is 9.21. The van der Waals surface area contributed by atoms with Crippen LogP contribution in [0.25, 0.3) is 0 Å². The maximum Gasteiger partial charge on any atom is 0.119 e. The average Bonchev–Trinajstić information content (AvgIpc) is 3.37. The van der Waals surface area contributed by atoms with Crippen LogP contribution in [0.5, 0.6) is 5.75 Å². The fraction of sp³-hybridized carbons (Fsp3) is 0.267. The number of aliphatic hydroxyl groups excluding tert-OH is 1. The Morgan fingerprint density at radius 2 is 1.44 bits per heavy atom. The third-order valence-corrected chi connectivity index (χ3v) is 6.19. The molecule has 0 aliphatic rings. The number of benzene rings is 3. The Bertz CT molecular complexity index is 1110. The molecule has 0 saturated carbocycles. The van der Waals surface area contributed by atoms with E-state index in [1.807, 2.05) is 48.5 Å². The summed E-state index contributed by atoms with van der Waals surface area (Å²) in [5.41, 5.74) is 3.59. The van der Waals surface area contributed by atoms with Gasteiger partial charge in [-0.1, -0.05) is 86.6 Å². The maximum absolute atomic E-state index is 10.7. The van der Waals surface area contributed by atoms with E-state index in [4.69, 9.17) is 9.15 Å². The molecule has 1 atom stereocenters. The molecule has 0 amide bonds. The van der Waals surface area contributed by atoms with Gasteiger partial charge in [-0.05, 0) is 41.0 Å². The third kappa shape index (κ3) is 6.37. The standard InChI is InChI=1S/C30H33NO3/c1-30(2,25-12-7-4-8-13-25)26-15-17-28(18-16-26)34-23-27(32)21-31(22-29-14-9-19-33-29)20-24-10-5-3-6-11-24/h3-19,27,32H,20-23H2,1-2H3/t27-/m0/s1. The van der Waals surface area contributed by atoms with Crippen molar-refractivity contribution in [3.8, 4) is 5.75 Å². The Hall–Kier alpha value is -3.34. The molecule has 1 N–H and O–H groups in total. The van der Waals surface area contributed by atoms with Gasteiger partial charge in [-0.25, -0.2) is 0 Å². The molecule has 4 aromatic rings. The normalized spacial score (nSPS) is 12.6. The van der Waals surface area contributed by atoms with Crippen molar-refractivity contribution >= 4 is 0 Å². The second-order valence-corrected chi connectivity index (χ2v) is 9.21. The van der Waals surface area contributed by atoms with Gasteiger partial charge >= 0.3 is 0 Å². The smallest absolute Gasteiger partial charge is 0.119 e. The lowest BCUT2D eigenvalue weighted by Crippen LogP contribution is -2.35. The summed E-state index contributed by atoms with van der Waals surface area (Å²) in [5.74, 6) is 1.63. The fourth-order valence-corrected chi connectivity index (χ4v) is 4.18. The van der Waals surface area contributed by atoms with Gasteiger partial charge in [0, 0.05) is 18.5 Å². The molecule has 0 aliphatic heterocycles. The van der Waals surface area contributed by atoms with Crippen LogP contribution in [0.2, 0.25) is 0 Å². The van der Waals surface area contributed by atoms with E-state index in [9.17, 15) is 5.11 Å². The minimum absolute atomic E-state index is 0.0942. The molecule has 4 nitrogen and oxygen atoms in total. The van der Waals surface area contributed by atoms with E-state index < -0.39 is 6.10 Å². The van der Waals surface area contributed by atoms with E-state index >= 15 is 0 Å². The van der Waals surface area contributed by atoms with Gasteiger partial charge in [-0.15, -0.1) is 0 Å². The highest BCUT2D eigenvalue weighted by atomic mass is 16.5. The van der Waals surface area contributed by atoms with Crippen LogP contribution < -0.4 is 4.74 Å². The van der Waals surface area contributed by atoms with E-state index in [1.165, 1.54) is 16.7 Å². The van der Waals surface area contributed by atoms with Gasteiger partial charge in [0.1, 0.15) is 24.2 Å². The molecule has 4 heteroatoms. The van der Waals surface area contributed by atoms with Crippen molar-refractivity contribution in [1.29, 1.82) is 0 Å². The lowest BCUT2D eigenvalue weighted by atomic mass is 9.78. The van der Waals surface area contributed by atoms with Gasteiger partial charge in [0.05, 0.1) is 12.8 Å². The molecular formula is C30H33NO3. The van der Waals surface area contributed by atoms with Crippen LogP contribution in [0.3, 0.4) is 0 Å². The van der Waals surface area contributed by atoms with E-state index in [0.717, 1.165) is 18.1 Å². The Labute approximate surface area is 202 Å². The van der Waals surface area contributed by atoms with Crippen molar-refractivity contribution in [2.45, 2.75) is 38.5 Å². The third-order valence-electron chi connectivity index (χ3n) is 6.19. The van der Waals surface area contributed by atoms with Crippen molar-refractivity contribution in [2.75, 3.05) is 13.2 Å². The van der Waals surface area contributed by atoms with Crippen molar-refractivity contribution in [1.82, 2.24) is 4.90 Å². The lowest BCUT2D eigenvalue weighted by molar-refractivity contribution is 0.0604. The molecule has 0 spiro atoms. The quantitative estimate of drug-likeness (QED) is 0.299. The van der Waals surface area contributed by atoms with Crippen molar-refractivity contribution in [3.63, 3.8) is 0 Å². The van der Waals surface area contributed by atoms with Gasteiger partial charge in [0.15, 0.2) is 0 Å². The Kier molecular flexibility index (Phi) is 7.84. The van der Waals surface area contributed by atoms with Gasteiger partial charge in [-0.2, -0.15) is 0 Å². The molecule has 0 bridgehead atoms. The molecule has 0 radical (unpaired) electrons. The van der Waals surface area contributed by atoms with Crippen molar-refractivity contribution < 1.29 is 14.3 Å². The van der Waals surface area contributed by atoms with Gasteiger partial charge in [0.2, 0.25) is 0 Å². The van der Waals surface area contributed by atoms with Crippen LogP contribution in [-0.2, 0) is 18.5 Å². The Balaban J connectivity index is 1.34. The second kappa shape index (κ2) is 11.2. The van der Waals surface area contributed by atoms with Crippen LogP contribution in [0.1, 0.15) is 36.3 Å². The van der Waals surface area contributed by atoms with E-state index in [1.54, 1.807) is 6.26 Å². The molecule has 1 heterocycles. The summed E-state index contributed by atoms with van der Waals surface area (Å²) in [6, 6.07) is 32.8. The summed E-state index contributed by atoms with van der Waals surface area (Å²) in [4.78, 5) is 2.17. The summed E-state index contributed by atoms with van der Waals surface area (Å²) in [5, 5.41) is 10.7. The average molecular weight is 456 g/mol. The molecular weight excluding hydrogens is 422 g/mol. The lowest BCUT2D eigenvalue weighted by Gasteiger charge is -2.26. The fourth-order valence-electron chi connectivity index (χ4n) is 4.18. The van der Waals surface area contributed by atoms with Crippen molar-refractivity contribution in [3.05, 3.63) is 126 Å². The van der Waals surface area contributed by atoms with Crippen LogP contribution in [0.15, 0.2) is 108 Å². The van der Waals surface area contributed by atoms with Gasteiger partial charge in [0.25, 0.3) is 0 Å². The molecule has 34 heavy (non-hydrogen) atoms. The molecule has 3 aromatic carbocycles. The topological polar surface area (TPSA) is 45.8 Å². The molecule has 0 fully saturated rings. The minimum atomic E-state index is -0.626. The Morgan fingerprint density at radius 1 is 0.794 bits per heavy atom. The van der Waals surface area contributed by atoms with E-state index in [-0.39, 0.29) is 12.0 Å². The zero-order chi connectivity index (χ0) is 23.8. The number of nitrogens with zero attached hydrogens (tertiary/aromatic N) is 1. The number of aliphatic hydroxyl groups is 1. The van der Waals surface area contributed by atoms with Crippen LogP contribution in [-0.4, -0.2) is 29.3 Å². The first-order chi connectivity index (χ1) is 16.5. The largest absolute Gasteiger partial charge is 0.491 e. The summed E-state index contributed by atoms with van der Waals surface area (Å²) in [6.07, 6.45) is 1.05. The highest BCUT2D eigenvalue weighted by molar-refractivity contribution is 5.39. The summed E-state index contributed by atoms with van der Waals surface area (Å²) in [7, 11) is 0. The molecule has 4 rings (SSSR count). The first-order valence-corrected chi connectivity index (χ1v) is 11.8. The molecule has 1 aromatic heterocycles. The molecule has 0 aliphatic carbocycles. The number of ether oxygens (including phenoxy) is 1. The highest BCUT2D eigenvalue weighted by Gasteiger charge is 2.22. The van der Waals surface area contributed by atoms with Crippen LogP contribution in [0, 0.1) is 0 Å². The SMILES string of the molecule is CC(C)(c1ccccc1)c1ccc(OC[C@@H](O)CN(Cc2ccccc2)Cc2ccco2)cc1. The molecule has 0 saturated heterocycles. The van der Waals surface area contributed by atoms with E-state index in [2.05, 4.69) is 67.3 Å². The number of furan rings is 1. The monoisotopic (exact) mass is 455 g/mol. The first-order valence-electron chi connectivity index (χ1n) is 11.8. The number of hydrogen-bond acceptors (Lipinski definition) is 4. The predicted octanol–water partition coefficient (Wildman–Crippen LogP) is 6.05. The van der Waals surface area contributed by atoms with Gasteiger partial charge < -0.3 is 14.3 Å². The highest BCUT2D eigenvalue weighted by Crippen LogP contribution is 2.32. The summed E-state index contributed by atoms with van der Waals surface area (Å²) >= 11 is 0. The van der Waals surface area contributed by atoms with Gasteiger partial charge in [-0.3, -0.25) is 4.90 Å². The number of rotatable bonds is 11. The molecule has 176 valence electrons. The zero-order valence-electron chi connectivity index (χ0n) is 19.9. The van der Waals surface area contributed by atoms with Crippen molar-refractivity contribution in [2.24, 2.45) is 0 Å². The molecule has 0 unspecified atom stereocenters. The van der Waals surface area contributed by atoms with Crippen LogP contribution >= 0.6 is 0 Å².